The van der Waals surface area contributed by atoms with Crippen LogP contribution in [0.3, 0.4) is 0 Å². The third-order valence-electron chi connectivity index (χ3n) is 11.5. The Labute approximate surface area is 215 Å². The molecule has 3 heteroatoms. The lowest BCUT2D eigenvalue weighted by molar-refractivity contribution is -0.209. The Morgan fingerprint density at radius 2 is 1.77 bits per heavy atom. The molecular weight excluding hydrogens is 430 g/mol. The van der Waals surface area contributed by atoms with Crippen molar-refractivity contribution in [2.45, 2.75) is 85.2 Å². The first-order chi connectivity index (χ1) is 17.0. The molecule has 4 aliphatic rings. The van der Waals surface area contributed by atoms with Gasteiger partial charge in [-0.1, -0.05) is 57.5 Å². The van der Waals surface area contributed by atoms with Crippen molar-refractivity contribution in [3.63, 3.8) is 0 Å². The summed E-state index contributed by atoms with van der Waals surface area (Å²) >= 11 is 0. The summed E-state index contributed by atoms with van der Waals surface area (Å²) in [7, 11) is 2.12. The number of benzene rings is 1. The van der Waals surface area contributed by atoms with E-state index in [0.29, 0.717) is 10.8 Å². The zero-order valence-electron chi connectivity index (χ0n) is 23.0. The average molecular weight is 482 g/mol. The third-order valence-corrected chi connectivity index (χ3v) is 11.5. The van der Waals surface area contributed by atoms with Gasteiger partial charge in [0.15, 0.2) is 0 Å². The molecule has 7 unspecified atom stereocenters. The normalized spacial score (nSPS) is 40.1. The molecule has 7 atom stereocenters. The number of ether oxygens (including phenoxy) is 2. The highest BCUT2D eigenvalue weighted by atomic mass is 16.5. The molecule has 1 heterocycles. The summed E-state index contributed by atoms with van der Waals surface area (Å²) in [6, 6.07) is 10.7. The van der Waals surface area contributed by atoms with Gasteiger partial charge in [-0.2, -0.15) is 0 Å². The molecule has 0 bridgehead atoms. The molecule has 3 aliphatic carbocycles. The first kappa shape index (κ1) is 25.7. The fourth-order valence-electron chi connectivity index (χ4n) is 9.73. The maximum Gasteiger partial charge on any atom is 0.0717 e. The monoisotopic (exact) mass is 481 g/mol. The molecule has 0 aromatic heterocycles. The Balaban J connectivity index is 1.30. The van der Waals surface area contributed by atoms with Crippen LogP contribution in [0.2, 0.25) is 0 Å². The van der Waals surface area contributed by atoms with Crippen molar-refractivity contribution in [3.05, 3.63) is 35.9 Å². The minimum absolute atomic E-state index is 0.240. The van der Waals surface area contributed by atoms with Gasteiger partial charge in [0.05, 0.1) is 26.4 Å². The lowest BCUT2D eigenvalue weighted by atomic mass is 9.46. The van der Waals surface area contributed by atoms with E-state index >= 15 is 0 Å². The van der Waals surface area contributed by atoms with Crippen LogP contribution in [0.4, 0.5) is 0 Å². The van der Waals surface area contributed by atoms with Crippen LogP contribution in [-0.2, 0) is 16.1 Å². The van der Waals surface area contributed by atoms with E-state index in [0.717, 1.165) is 56.0 Å². The first-order valence-electron chi connectivity index (χ1n) is 14.8. The Morgan fingerprint density at radius 1 is 1.00 bits per heavy atom. The summed E-state index contributed by atoms with van der Waals surface area (Å²) < 4.78 is 12.3. The van der Waals surface area contributed by atoms with Gasteiger partial charge in [-0.15, -0.1) is 0 Å². The summed E-state index contributed by atoms with van der Waals surface area (Å²) in [6.07, 6.45) is 12.7. The van der Waals surface area contributed by atoms with Gasteiger partial charge in [-0.25, -0.2) is 0 Å². The number of fused-ring (bicyclic) bond motifs is 3. The zero-order valence-corrected chi connectivity index (χ0v) is 23.0. The third kappa shape index (κ3) is 4.64. The van der Waals surface area contributed by atoms with Crippen LogP contribution in [0.1, 0.15) is 84.1 Å². The molecule has 0 radical (unpaired) electrons. The van der Waals surface area contributed by atoms with Gasteiger partial charge < -0.3 is 14.8 Å². The molecule has 1 saturated heterocycles. The maximum absolute atomic E-state index is 6.40. The molecule has 1 aromatic rings. The van der Waals surface area contributed by atoms with E-state index < -0.39 is 0 Å². The molecule has 3 saturated carbocycles. The van der Waals surface area contributed by atoms with Gasteiger partial charge in [0, 0.05) is 5.41 Å². The molecule has 1 N–H and O–H groups in total. The highest BCUT2D eigenvalue weighted by Gasteiger charge is 2.63. The number of hydrogen-bond donors (Lipinski definition) is 1. The highest BCUT2D eigenvalue weighted by molar-refractivity contribution is 5.14. The van der Waals surface area contributed by atoms with Crippen LogP contribution in [0.5, 0.6) is 0 Å². The quantitative estimate of drug-likeness (QED) is 0.386. The van der Waals surface area contributed by atoms with Crippen LogP contribution < -0.4 is 5.32 Å². The second-order valence-corrected chi connectivity index (χ2v) is 13.4. The Bertz CT molecular complexity index is 822. The Kier molecular flexibility index (Phi) is 7.69. The molecule has 3 nitrogen and oxygen atoms in total. The van der Waals surface area contributed by atoms with E-state index in [4.69, 9.17) is 9.47 Å². The molecule has 0 amide bonds. The first-order valence-corrected chi connectivity index (χ1v) is 14.8. The van der Waals surface area contributed by atoms with Crippen molar-refractivity contribution in [2.24, 2.45) is 45.8 Å². The van der Waals surface area contributed by atoms with Gasteiger partial charge in [0.25, 0.3) is 0 Å². The zero-order chi connectivity index (χ0) is 24.5. The van der Waals surface area contributed by atoms with Crippen LogP contribution in [-0.4, -0.2) is 33.4 Å². The average Bonchev–Trinajstić information content (AvgIpc) is 3.19. The van der Waals surface area contributed by atoms with E-state index in [-0.39, 0.29) is 5.41 Å². The summed E-state index contributed by atoms with van der Waals surface area (Å²) in [4.78, 5) is 0. The van der Waals surface area contributed by atoms with Crippen LogP contribution >= 0.6 is 0 Å². The summed E-state index contributed by atoms with van der Waals surface area (Å²) in [5.41, 5.74) is 2.52. The molecule has 1 aromatic carbocycles. The largest absolute Gasteiger partial charge is 0.380 e. The van der Waals surface area contributed by atoms with Gasteiger partial charge in [-0.3, -0.25) is 0 Å². The molecule has 196 valence electrons. The summed E-state index contributed by atoms with van der Waals surface area (Å²) in [5, 5.41) is 3.46. The highest BCUT2D eigenvalue weighted by Crippen LogP contribution is 2.68. The Hall–Kier alpha value is -0.900. The van der Waals surface area contributed by atoms with Crippen molar-refractivity contribution < 1.29 is 9.47 Å². The van der Waals surface area contributed by atoms with E-state index in [9.17, 15) is 0 Å². The maximum atomic E-state index is 6.40. The topological polar surface area (TPSA) is 30.5 Å². The molecule has 4 fully saturated rings. The molecule has 5 rings (SSSR count). The molecule has 1 aliphatic heterocycles. The lowest BCUT2D eigenvalue weighted by Gasteiger charge is -2.60. The van der Waals surface area contributed by atoms with Gasteiger partial charge in [0.2, 0.25) is 0 Å². The van der Waals surface area contributed by atoms with Crippen molar-refractivity contribution in [3.8, 4) is 0 Å². The van der Waals surface area contributed by atoms with Crippen molar-refractivity contribution in [2.75, 3.05) is 33.4 Å². The van der Waals surface area contributed by atoms with Gasteiger partial charge >= 0.3 is 0 Å². The minimum Gasteiger partial charge on any atom is -0.380 e. The van der Waals surface area contributed by atoms with Crippen LogP contribution in [0, 0.1) is 45.8 Å². The summed E-state index contributed by atoms with van der Waals surface area (Å²) in [5.74, 6) is 4.48. The fraction of sp³-hybridized carbons (Fsp3) is 0.812. The van der Waals surface area contributed by atoms with Crippen LogP contribution in [0.15, 0.2) is 30.3 Å². The number of hydrogen-bond acceptors (Lipinski definition) is 3. The predicted octanol–water partition coefficient (Wildman–Crippen LogP) is 7.10. The fourth-order valence-corrected chi connectivity index (χ4v) is 9.73. The molecule has 35 heavy (non-hydrogen) atoms. The summed E-state index contributed by atoms with van der Waals surface area (Å²) in [6.45, 7) is 12.3. The lowest BCUT2D eigenvalue weighted by Crippen LogP contribution is -2.58. The van der Waals surface area contributed by atoms with Gasteiger partial charge in [0.1, 0.15) is 0 Å². The molecular formula is C32H51NO2. The SMILES string of the molecule is CCCC1C2CCC3(C)C(CCC3C3(COCc4ccccc4)COC3)C2CCC1(C)CCNC. The van der Waals surface area contributed by atoms with E-state index in [1.165, 1.54) is 69.9 Å². The Morgan fingerprint density at radius 3 is 2.46 bits per heavy atom. The minimum atomic E-state index is 0.240. The smallest absolute Gasteiger partial charge is 0.0717 e. The second-order valence-electron chi connectivity index (χ2n) is 13.4. The standard InChI is InChI=1S/C32H51NO2/c1-5-9-27-25-15-17-31(3)28(26(25)14-16-30(27,2)18-19-33-4)12-13-29(31)32(22-35-23-32)21-34-20-24-10-7-6-8-11-24/h6-8,10-11,25-29,33H,5,9,12-23H2,1-4H3. The van der Waals surface area contributed by atoms with E-state index in [1.807, 2.05) is 0 Å². The van der Waals surface area contributed by atoms with Crippen molar-refractivity contribution in [1.29, 1.82) is 0 Å². The predicted molar refractivity (Wildman–Crippen MR) is 144 cm³/mol. The van der Waals surface area contributed by atoms with Crippen molar-refractivity contribution >= 4 is 0 Å². The van der Waals surface area contributed by atoms with Crippen LogP contribution in [0.25, 0.3) is 0 Å². The van der Waals surface area contributed by atoms with Gasteiger partial charge in [-0.05, 0) is 111 Å². The second kappa shape index (κ2) is 10.5. The van der Waals surface area contributed by atoms with E-state index in [1.54, 1.807) is 0 Å². The number of rotatable bonds is 10. The molecule has 0 spiro atoms. The number of nitrogens with one attached hydrogen (secondary N) is 1. The van der Waals surface area contributed by atoms with E-state index in [2.05, 4.69) is 63.5 Å². The van der Waals surface area contributed by atoms with Crippen molar-refractivity contribution in [1.82, 2.24) is 5.32 Å².